The Balaban J connectivity index is 1.61. The molecule has 6 nitrogen and oxygen atoms in total. The molecule has 0 spiro atoms. The van der Waals surface area contributed by atoms with E-state index >= 15 is 0 Å². The van der Waals surface area contributed by atoms with E-state index in [0.29, 0.717) is 23.7 Å². The number of ether oxygens (including phenoxy) is 2. The molecular weight excluding hydrogens is 366 g/mol. The van der Waals surface area contributed by atoms with Crippen LogP contribution in [0.2, 0.25) is 0 Å². The predicted octanol–water partition coefficient (Wildman–Crippen LogP) is 4.49. The molecule has 0 aliphatic heterocycles. The number of aryl methyl sites for hydroxylation is 2. The Hall–Kier alpha value is -3.41. The summed E-state index contributed by atoms with van der Waals surface area (Å²) in [5.74, 6) is 1.18. The molecule has 0 fully saturated rings. The van der Waals surface area contributed by atoms with Gasteiger partial charge >= 0.3 is 6.03 Å². The van der Waals surface area contributed by atoms with Crippen LogP contribution in [0.25, 0.3) is 0 Å². The smallest absolute Gasteiger partial charge is 0.319 e. The third-order valence-corrected chi connectivity index (χ3v) is 4.84. The molecule has 2 aromatic carbocycles. The second-order valence-corrected chi connectivity index (χ2v) is 6.93. The van der Waals surface area contributed by atoms with Gasteiger partial charge in [0.15, 0.2) is 11.5 Å². The Morgan fingerprint density at radius 1 is 1.00 bits per heavy atom. The fraction of sp³-hybridized carbons (Fsp3) is 0.261. The van der Waals surface area contributed by atoms with Crippen molar-refractivity contribution in [2.24, 2.45) is 0 Å². The van der Waals surface area contributed by atoms with Crippen LogP contribution < -0.4 is 20.1 Å². The number of hydrogen-bond acceptors (Lipinski definition) is 3. The van der Waals surface area contributed by atoms with Gasteiger partial charge in [0.2, 0.25) is 0 Å². The molecule has 2 N–H and O–H groups in total. The van der Waals surface area contributed by atoms with Gasteiger partial charge < -0.3 is 24.7 Å². The highest BCUT2D eigenvalue weighted by Gasteiger charge is 2.09. The van der Waals surface area contributed by atoms with Crippen LogP contribution in [0.5, 0.6) is 11.5 Å². The fourth-order valence-corrected chi connectivity index (χ4v) is 3.18. The highest BCUT2D eigenvalue weighted by molar-refractivity contribution is 5.89. The highest BCUT2D eigenvalue weighted by atomic mass is 16.5. The van der Waals surface area contributed by atoms with Crippen LogP contribution >= 0.6 is 0 Å². The zero-order valence-corrected chi connectivity index (χ0v) is 17.3. The molecular formula is C23H27N3O3. The van der Waals surface area contributed by atoms with Gasteiger partial charge in [0.25, 0.3) is 0 Å². The molecule has 1 heterocycles. The number of nitrogens with zero attached hydrogens (tertiary/aromatic N) is 1. The molecule has 1 aromatic heterocycles. The van der Waals surface area contributed by atoms with Crippen LogP contribution in [0.3, 0.4) is 0 Å². The van der Waals surface area contributed by atoms with E-state index in [-0.39, 0.29) is 6.03 Å². The average molecular weight is 393 g/mol. The van der Waals surface area contributed by atoms with Crippen molar-refractivity contribution in [2.45, 2.75) is 26.9 Å². The topological polar surface area (TPSA) is 64.5 Å². The summed E-state index contributed by atoms with van der Waals surface area (Å²) in [6, 6.07) is 15.4. The van der Waals surface area contributed by atoms with Crippen LogP contribution in [0.4, 0.5) is 10.5 Å². The zero-order valence-electron chi connectivity index (χ0n) is 17.3. The van der Waals surface area contributed by atoms with Gasteiger partial charge in [-0.15, -0.1) is 0 Å². The standard InChI is InChI=1S/C23H27N3O3/c1-16-7-8-17(2)18(12-16)15-26-11-5-6-20(26)14-24-23(27)25-19-9-10-21(28-3)22(13-19)29-4/h5-13H,14-15H2,1-4H3,(H2,24,25,27). The van der Waals surface area contributed by atoms with Crippen molar-refractivity contribution in [3.8, 4) is 11.5 Å². The minimum atomic E-state index is -0.281. The largest absolute Gasteiger partial charge is 0.493 e. The number of rotatable bonds is 7. The maximum Gasteiger partial charge on any atom is 0.319 e. The first kappa shape index (κ1) is 20.3. The summed E-state index contributed by atoms with van der Waals surface area (Å²) in [5.41, 5.74) is 5.44. The molecule has 3 aromatic rings. The van der Waals surface area contributed by atoms with Crippen molar-refractivity contribution in [1.82, 2.24) is 9.88 Å². The maximum absolute atomic E-state index is 12.3. The van der Waals surface area contributed by atoms with Crippen LogP contribution in [0.1, 0.15) is 22.4 Å². The van der Waals surface area contributed by atoms with E-state index in [0.717, 1.165) is 12.2 Å². The number of aromatic nitrogens is 1. The van der Waals surface area contributed by atoms with Gasteiger partial charge in [-0.05, 0) is 49.2 Å². The lowest BCUT2D eigenvalue weighted by Gasteiger charge is -2.14. The summed E-state index contributed by atoms with van der Waals surface area (Å²) in [7, 11) is 3.14. The molecule has 152 valence electrons. The predicted molar refractivity (Wildman–Crippen MR) is 115 cm³/mol. The highest BCUT2D eigenvalue weighted by Crippen LogP contribution is 2.29. The number of nitrogens with one attached hydrogen (secondary N) is 2. The lowest BCUT2D eigenvalue weighted by Crippen LogP contribution is -2.29. The van der Waals surface area contributed by atoms with Crippen molar-refractivity contribution in [2.75, 3.05) is 19.5 Å². The normalized spacial score (nSPS) is 10.5. The minimum absolute atomic E-state index is 0.281. The molecule has 0 saturated carbocycles. The quantitative estimate of drug-likeness (QED) is 0.622. The van der Waals surface area contributed by atoms with E-state index in [1.54, 1.807) is 32.4 Å². The van der Waals surface area contributed by atoms with Gasteiger partial charge in [0.05, 0.1) is 20.8 Å². The number of anilines is 1. The molecule has 29 heavy (non-hydrogen) atoms. The van der Waals surface area contributed by atoms with Gasteiger partial charge in [0.1, 0.15) is 0 Å². The Bertz CT molecular complexity index is 995. The number of carbonyl (C=O) groups excluding carboxylic acids is 1. The average Bonchev–Trinajstić information content (AvgIpc) is 3.16. The number of methoxy groups -OCH3 is 2. The van der Waals surface area contributed by atoms with Gasteiger partial charge in [-0.25, -0.2) is 4.79 Å². The second-order valence-electron chi connectivity index (χ2n) is 6.93. The van der Waals surface area contributed by atoms with Crippen LogP contribution in [0.15, 0.2) is 54.7 Å². The number of urea groups is 1. The molecule has 0 bridgehead atoms. The summed E-state index contributed by atoms with van der Waals surface area (Å²) >= 11 is 0. The first-order chi connectivity index (χ1) is 14.0. The van der Waals surface area contributed by atoms with E-state index in [2.05, 4.69) is 47.2 Å². The summed E-state index contributed by atoms with van der Waals surface area (Å²) in [6.07, 6.45) is 2.03. The zero-order chi connectivity index (χ0) is 20.8. The first-order valence-electron chi connectivity index (χ1n) is 9.47. The monoisotopic (exact) mass is 393 g/mol. The third-order valence-electron chi connectivity index (χ3n) is 4.84. The van der Waals surface area contributed by atoms with Crippen LogP contribution in [0, 0.1) is 13.8 Å². The lowest BCUT2D eigenvalue weighted by molar-refractivity contribution is 0.251. The number of carbonyl (C=O) groups is 1. The van der Waals surface area contributed by atoms with Crippen molar-refractivity contribution < 1.29 is 14.3 Å². The summed E-state index contributed by atoms with van der Waals surface area (Å²) in [6.45, 7) is 5.41. The van der Waals surface area contributed by atoms with Crippen molar-refractivity contribution in [3.63, 3.8) is 0 Å². The molecule has 0 aliphatic rings. The van der Waals surface area contributed by atoms with Crippen LogP contribution in [-0.2, 0) is 13.1 Å². The number of amides is 2. The number of hydrogen-bond donors (Lipinski definition) is 2. The minimum Gasteiger partial charge on any atom is -0.493 e. The van der Waals surface area contributed by atoms with Gasteiger partial charge in [-0.3, -0.25) is 0 Å². The molecule has 0 saturated heterocycles. The molecule has 3 rings (SSSR count). The van der Waals surface area contributed by atoms with Crippen molar-refractivity contribution in [1.29, 1.82) is 0 Å². The Morgan fingerprint density at radius 3 is 2.55 bits per heavy atom. The molecule has 0 aliphatic carbocycles. The second kappa shape index (κ2) is 9.19. The first-order valence-corrected chi connectivity index (χ1v) is 9.47. The fourth-order valence-electron chi connectivity index (χ4n) is 3.18. The van der Waals surface area contributed by atoms with Gasteiger partial charge in [-0.2, -0.15) is 0 Å². The molecule has 6 heteroatoms. The number of benzene rings is 2. The van der Waals surface area contributed by atoms with Crippen molar-refractivity contribution >= 4 is 11.7 Å². The van der Waals surface area contributed by atoms with Crippen molar-refractivity contribution in [3.05, 3.63) is 77.1 Å². The van der Waals surface area contributed by atoms with E-state index in [1.807, 2.05) is 18.3 Å². The Kier molecular flexibility index (Phi) is 6.44. The van der Waals surface area contributed by atoms with E-state index in [4.69, 9.17) is 9.47 Å². The van der Waals surface area contributed by atoms with E-state index in [9.17, 15) is 4.79 Å². The van der Waals surface area contributed by atoms with Gasteiger partial charge in [-0.1, -0.05) is 23.8 Å². The molecule has 0 unspecified atom stereocenters. The molecule has 2 amide bonds. The maximum atomic E-state index is 12.3. The SMILES string of the molecule is COc1ccc(NC(=O)NCc2cccn2Cc2cc(C)ccc2C)cc1OC. The summed E-state index contributed by atoms with van der Waals surface area (Å²) < 4.78 is 12.6. The molecule has 0 atom stereocenters. The Morgan fingerprint density at radius 2 is 1.79 bits per heavy atom. The van der Waals surface area contributed by atoms with E-state index in [1.165, 1.54) is 16.7 Å². The summed E-state index contributed by atoms with van der Waals surface area (Å²) in [4.78, 5) is 12.3. The summed E-state index contributed by atoms with van der Waals surface area (Å²) in [5, 5.41) is 5.73. The third kappa shape index (κ3) is 5.10. The molecule has 0 radical (unpaired) electrons. The van der Waals surface area contributed by atoms with Gasteiger partial charge in [0, 0.05) is 30.2 Å². The van der Waals surface area contributed by atoms with Crippen LogP contribution in [-0.4, -0.2) is 24.8 Å². The Labute approximate surface area is 171 Å². The van der Waals surface area contributed by atoms with E-state index < -0.39 is 0 Å². The lowest BCUT2D eigenvalue weighted by atomic mass is 10.1.